The normalized spacial score (nSPS) is 14.1. The summed E-state index contributed by atoms with van der Waals surface area (Å²) in [6.45, 7) is 16.3. The van der Waals surface area contributed by atoms with Crippen molar-refractivity contribution in [2.45, 2.75) is 45.5 Å². The third-order valence-electron chi connectivity index (χ3n) is 2.82. The minimum Gasteiger partial charge on any atom is -0.389 e. The van der Waals surface area contributed by atoms with E-state index >= 15 is 0 Å². The molecule has 0 aliphatic heterocycles. The molecular formula is C16H33NO2Si. The lowest BCUT2D eigenvalue weighted by Gasteiger charge is -2.24. The average Bonchev–Trinajstić information content (AvgIpc) is 2.34. The Morgan fingerprint density at radius 1 is 1.35 bits per heavy atom. The van der Waals surface area contributed by atoms with E-state index in [4.69, 9.17) is 4.74 Å². The molecule has 0 aliphatic carbocycles. The SMILES string of the molecule is C=CCOCC(O)CN(C/C=C/[Si](C)(C)C)CCCC. The second kappa shape index (κ2) is 11.3. The molecule has 0 heterocycles. The second-order valence-electron chi connectivity index (χ2n) is 6.36. The van der Waals surface area contributed by atoms with Gasteiger partial charge in [-0.25, -0.2) is 0 Å². The first-order valence-corrected chi connectivity index (χ1v) is 11.2. The fraction of sp³-hybridized carbons (Fsp3) is 0.750. The molecule has 3 nitrogen and oxygen atoms in total. The lowest BCUT2D eigenvalue weighted by Crippen LogP contribution is -2.36. The van der Waals surface area contributed by atoms with Crippen molar-refractivity contribution in [1.29, 1.82) is 0 Å². The van der Waals surface area contributed by atoms with E-state index in [1.807, 2.05) is 0 Å². The molecule has 1 unspecified atom stereocenters. The fourth-order valence-electron chi connectivity index (χ4n) is 1.83. The number of unbranched alkanes of at least 4 members (excludes halogenated alkanes) is 1. The van der Waals surface area contributed by atoms with E-state index < -0.39 is 14.2 Å². The summed E-state index contributed by atoms with van der Waals surface area (Å²) in [6, 6.07) is 0. The van der Waals surface area contributed by atoms with Crippen LogP contribution in [0.3, 0.4) is 0 Å². The first-order valence-electron chi connectivity index (χ1n) is 7.65. The van der Waals surface area contributed by atoms with Gasteiger partial charge < -0.3 is 9.84 Å². The topological polar surface area (TPSA) is 32.7 Å². The van der Waals surface area contributed by atoms with Crippen LogP contribution in [0.1, 0.15) is 19.8 Å². The van der Waals surface area contributed by atoms with Gasteiger partial charge in [0.25, 0.3) is 0 Å². The van der Waals surface area contributed by atoms with Gasteiger partial charge in [0.1, 0.15) is 0 Å². The van der Waals surface area contributed by atoms with Gasteiger partial charge in [-0.1, -0.05) is 50.8 Å². The highest BCUT2D eigenvalue weighted by molar-refractivity contribution is 6.80. The molecule has 0 aromatic heterocycles. The molecule has 0 spiro atoms. The van der Waals surface area contributed by atoms with Crippen molar-refractivity contribution in [2.24, 2.45) is 0 Å². The van der Waals surface area contributed by atoms with Gasteiger partial charge in [0, 0.05) is 13.1 Å². The summed E-state index contributed by atoms with van der Waals surface area (Å²) in [5, 5.41) is 9.99. The first-order chi connectivity index (χ1) is 9.39. The summed E-state index contributed by atoms with van der Waals surface area (Å²) in [5.74, 6) is 0. The Labute approximate surface area is 126 Å². The van der Waals surface area contributed by atoms with Crippen molar-refractivity contribution in [1.82, 2.24) is 4.90 Å². The van der Waals surface area contributed by atoms with Crippen LogP contribution in [0.5, 0.6) is 0 Å². The molecule has 0 aromatic carbocycles. The lowest BCUT2D eigenvalue weighted by molar-refractivity contribution is 0.0282. The molecule has 0 radical (unpaired) electrons. The van der Waals surface area contributed by atoms with Gasteiger partial charge in [-0.05, 0) is 13.0 Å². The van der Waals surface area contributed by atoms with Crippen molar-refractivity contribution < 1.29 is 9.84 Å². The van der Waals surface area contributed by atoms with Crippen LogP contribution in [0.4, 0.5) is 0 Å². The lowest BCUT2D eigenvalue weighted by atomic mass is 10.2. The minimum atomic E-state index is -1.13. The van der Waals surface area contributed by atoms with E-state index in [0.29, 0.717) is 19.8 Å². The second-order valence-corrected chi connectivity index (χ2v) is 11.4. The van der Waals surface area contributed by atoms with Gasteiger partial charge in [-0.2, -0.15) is 0 Å². The Morgan fingerprint density at radius 3 is 2.60 bits per heavy atom. The number of nitrogens with zero attached hydrogens (tertiary/aromatic N) is 1. The molecule has 0 bridgehead atoms. The molecule has 1 N–H and O–H groups in total. The molecule has 20 heavy (non-hydrogen) atoms. The Hall–Kier alpha value is -0.423. The van der Waals surface area contributed by atoms with Crippen LogP contribution in [-0.2, 0) is 4.74 Å². The third kappa shape index (κ3) is 12.6. The predicted molar refractivity (Wildman–Crippen MR) is 90.9 cm³/mol. The molecule has 0 aromatic rings. The van der Waals surface area contributed by atoms with Gasteiger partial charge in [-0.15, -0.1) is 6.58 Å². The molecule has 0 aliphatic rings. The quantitative estimate of drug-likeness (QED) is 0.341. The minimum absolute atomic E-state index is 0.381. The molecular weight excluding hydrogens is 266 g/mol. The number of rotatable bonds is 12. The van der Waals surface area contributed by atoms with E-state index in [-0.39, 0.29) is 0 Å². The first kappa shape index (κ1) is 19.6. The van der Waals surface area contributed by atoms with Crippen LogP contribution in [0.2, 0.25) is 19.6 Å². The van der Waals surface area contributed by atoms with Gasteiger partial charge in [0.2, 0.25) is 0 Å². The van der Waals surface area contributed by atoms with Crippen LogP contribution in [-0.4, -0.2) is 57.0 Å². The maximum Gasteiger partial charge on any atom is 0.0900 e. The highest BCUT2D eigenvalue weighted by Gasteiger charge is 2.11. The molecule has 1 atom stereocenters. The highest BCUT2D eigenvalue weighted by Crippen LogP contribution is 2.04. The van der Waals surface area contributed by atoms with Gasteiger partial charge in [-0.3, -0.25) is 4.90 Å². The van der Waals surface area contributed by atoms with E-state index in [1.54, 1.807) is 6.08 Å². The van der Waals surface area contributed by atoms with Gasteiger partial charge in [0.15, 0.2) is 0 Å². The number of hydrogen-bond acceptors (Lipinski definition) is 3. The van der Waals surface area contributed by atoms with Crippen LogP contribution >= 0.6 is 0 Å². The molecule has 0 rings (SSSR count). The van der Waals surface area contributed by atoms with Crippen LogP contribution in [0, 0.1) is 0 Å². The highest BCUT2D eigenvalue weighted by atomic mass is 28.3. The van der Waals surface area contributed by atoms with Crippen LogP contribution in [0.25, 0.3) is 0 Å². The average molecular weight is 300 g/mol. The monoisotopic (exact) mass is 299 g/mol. The van der Waals surface area contributed by atoms with Crippen molar-refractivity contribution in [3.63, 3.8) is 0 Å². The Bertz CT molecular complexity index is 274. The number of ether oxygens (including phenoxy) is 1. The number of aliphatic hydroxyl groups excluding tert-OH is 1. The molecule has 4 heteroatoms. The summed E-state index contributed by atoms with van der Waals surface area (Å²) in [5.41, 5.74) is 2.37. The van der Waals surface area contributed by atoms with E-state index in [0.717, 1.165) is 13.1 Å². The van der Waals surface area contributed by atoms with Crippen molar-refractivity contribution >= 4 is 8.07 Å². The summed E-state index contributed by atoms with van der Waals surface area (Å²) in [7, 11) is -1.13. The van der Waals surface area contributed by atoms with E-state index in [2.05, 4.69) is 49.8 Å². The van der Waals surface area contributed by atoms with Crippen molar-refractivity contribution in [3.05, 3.63) is 24.4 Å². The summed E-state index contributed by atoms with van der Waals surface area (Å²) in [4.78, 5) is 2.31. The standard InChI is InChI=1S/C16H33NO2Si/c1-6-8-10-17(11-9-13-20(3,4)5)14-16(18)15-19-12-7-2/h7,9,13,16,18H,2,6,8,10-12,14-15H2,1,3-5H3/b13-9+. The van der Waals surface area contributed by atoms with Crippen LogP contribution in [0.15, 0.2) is 24.4 Å². The zero-order chi connectivity index (χ0) is 15.4. The third-order valence-corrected chi connectivity index (χ3v) is 4.06. The van der Waals surface area contributed by atoms with E-state index in [1.165, 1.54) is 12.8 Å². The Balaban J connectivity index is 4.18. The molecule has 0 fully saturated rings. The van der Waals surface area contributed by atoms with Gasteiger partial charge >= 0.3 is 0 Å². The largest absolute Gasteiger partial charge is 0.389 e. The molecule has 0 saturated carbocycles. The molecule has 0 saturated heterocycles. The van der Waals surface area contributed by atoms with Crippen molar-refractivity contribution in [3.8, 4) is 0 Å². The van der Waals surface area contributed by atoms with E-state index in [9.17, 15) is 5.11 Å². The van der Waals surface area contributed by atoms with Crippen LogP contribution < -0.4 is 0 Å². The predicted octanol–water partition coefficient (Wildman–Crippen LogP) is 3.09. The molecule has 0 amide bonds. The molecule has 118 valence electrons. The fourth-order valence-corrected chi connectivity index (χ4v) is 2.64. The Kier molecular flexibility index (Phi) is 11.0. The van der Waals surface area contributed by atoms with Gasteiger partial charge in [0.05, 0.1) is 27.4 Å². The number of aliphatic hydroxyl groups is 1. The zero-order valence-corrected chi connectivity index (χ0v) is 14.8. The smallest absolute Gasteiger partial charge is 0.0900 e. The summed E-state index contributed by atoms with van der Waals surface area (Å²) >= 11 is 0. The zero-order valence-electron chi connectivity index (χ0n) is 13.8. The summed E-state index contributed by atoms with van der Waals surface area (Å²) < 4.78 is 5.30. The summed E-state index contributed by atoms with van der Waals surface area (Å²) in [6.07, 6.45) is 5.89. The maximum absolute atomic E-state index is 9.99. The Morgan fingerprint density at radius 2 is 2.05 bits per heavy atom. The van der Waals surface area contributed by atoms with Crippen molar-refractivity contribution in [2.75, 3.05) is 32.8 Å². The number of hydrogen-bond donors (Lipinski definition) is 1. The maximum atomic E-state index is 9.99.